The van der Waals surface area contributed by atoms with E-state index < -0.39 is 35.9 Å². The van der Waals surface area contributed by atoms with Crippen LogP contribution < -0.4 is 20.1 Å². The SMILES string of the molecule is COC(=O)c1csc(NC(=O)[C@H](Cc2cccs2)N2C(=O)N[C@H](c3ccc4c(c3)OCCO4)C2=O)n1. The van der Waals surface area contributed by atoms with Gasteiger partial charge in [0.15, 0.2) is 22.3 Å². The van der Waals surface area contributed by atoms with Gasteiger partial charge in [-0.25, -0.2) is 19.5 Å². The van der Waals surface area contributed by atoms with E-state index in [2.05, 4.69) is 20.4 Å². The van der Waals surface area contributed by atoms with Gasteiger partial charge >= 0.3 is 12.0 Å². The van der Waals surface area contributed by atoms with E-state index >= 15 is 0 Å². The summed E-state index contributed by atoms with van der Waals surface area (Å²) in [7, 11) is 1.23. The number of esters is 1. The van der Waals surface area contributed by atoms with E-state index in [1.165, 1.54) is 23.8 Å². The van der Waals surface area contributed by atoms with Crippen molar-refractivity contribution in [2.45, 2.75) is 18.5 Å². The van der Waals surface area contributed by atoms with Gasteiger partial charge in [0.2, 0.25) is 5.91 Å². The van der Waals surface area contributed by atoms with E-state index in [1.54, 1.807) is 18.2 Å². The van der Waals surface area contributed by atoms with Crippen LogP contribution in [0.25, 0.3) is 0 Å². The second kappa shape index (κ2) is 9.95. The third-order valence-electron chi connectivity index (χ3n) is 5.59. The number of benzene rings is 1. The molecule has 2 atom stereocenters. The molecule has 4 heterocycles. The molecule has 0 saturated carbocycles. The number of thiophene rings is 1. The number of fused-ring (bicyclic) bond motifs is 1. The van der Waals surface area contributed by atoms with Crippen LogP contribution in [-0.4, -0.2) is 60.1 Å². The normalized spacial score (nSPS) is 17.5. The summed E-state index contributed by atoms with van der Waals surface area (Å²) >= 11 is 2.44. The number of methoxy groups -OCH3 is 1. The zero-order valence-electron chi connectivity index (χ0n) is 18.9. The van der Waals surface area contributed by atoms with Gasteiger partial charge < -0.3 is 24.8 Å². The van der Waals surface area contributed by atoms with Crippen molar-refractivity contribution in [1.29, 1.82) is 0 Å². The lowest BCUT2D eigenvalue weighted by Gasteiger charge is -2.24. The lowest BCUT2D eigenvalue weighted by Crippen LogP contribution is -2.49. The maximum Gasteiger partial charge on any atom is 0.357 e. The number of nitrogens with zero attached hydrogens (tertiary/aromatic N) is 2. The molecule has 5 rings (SSSR count). The topological polar surface area (TPSA) is 136 Å². The summed E-state index contributed by atoms with van der Waals surface area (Å²) in [5, 5.41) is 8.73. The molecule has 36 heavy (non-hydrogen) atoms. The van der Waals surface area contributed by atoms with Crippen molar-refractivity contribution in [3.8, 4) is 11.5 Å². The van der Waals surface area contributed by atoms with Crippen molar-refractivity contribution in [3.05, 3.63) is 57.2 Å². The number of nitrogens with one attached hydrogen (secondary N) is 2. The molecular weight excluding hydrogens is 508 g/mol. The van der Waals surface area contributed by atoms with E-state index in [9.17, 15) is 19.2 Å². The minimum atomic E-state index is -1.15. The molecule has 0 radical (unpaired) electrons. The fourth-order valence-corrected chi connectivity index (χ4v) is 5.32. The van der Waals surface area contributed by atoms with Crippen LogP contribution in [-0.2, 0) is 20.7 Å². The summed E-state index contributed by atoms with van der Waals surface area (Å²) in [4.78, 5) is 57.3. The Morgan fingerprint density at radius 2 is 2.03 bits per heavy atom. The first-order valence-electron chi connectivity index (χ1n) is 10.8. The first-order valence-corrected chi connectivity index (χ1v) is 12.6. The Balaban J connectivity index is 1.40. The summed E-state index contributed by atoms with van der Waals surface area (Å²) < 4.78 is 15.8. The Morgan fingerprint density at radius 1 is 1.22 bits per heavy atom. The van der Waals surface area contributed by atoms with E-state index in [4.69, 9.17) is 9.47 Å². The minimum absolute atomic E-state index is 0.0428. The molecule has 4 amide bonds. The Morgan fingerprint density at radius 3 is 2.78 bits per heavy atom. The van der Waals surface area contributed by atoms with Gasteiger partial charge in [-0.3, -0.25) is 9.59 Å². The predicted molar refractivity (Wildman–Crippen MR) is 129 cm³/mol. The number of urea groups is 1. The molecule has 1 saturated heterocycles. The van der Waals surface area contributed by atoms with Crippen LogP contribution in [0.4, 0.5) is 9.93 Å². The van der Waals surface area contributed by atoms with E-state index in [0.29, 0.717) is 30.3 Å². The summed E-state index contributed by atoms with van der Waals surface area (Å²) in [5.74, 6) is -0.776. The molecule has 186 valence electrons. The highest BCUT2D eigenvalue weighted by Crippen LogP contribution is 2.35. The number of anilines is 1. The van der Waals surface area contributed by atoms with Gasteiger partial charge in [0.1, 0.15) is 25.3 Å². The first-order chi connectivity index (χ1) is 17.4. The first kappa shape index (κ1) is 23.8. The highest BCUT2D eigenvalue weighted by Gasteiger charge is 2.45. The molecule has 0 aliphatic carbocycles. The summed E-state index contributed by atoms with van der Waals surface area (Å²) in [6.45, 7) is 0.810. The summed E-state index contributed by atoms with van der Waals surface area (Å²) in [6.07, 6.45) is 0.117. The largest absolute Gasteiger partial charge is 0.486 e. The third-order valence-corrected chi connectivity index (χ3v) is 7.24. The van der Waals surface area contributed by atoms with Gasteiger partial charge in [0, 0.05) is 16.7 Å². The molecule has 2 aliphatic heterocycles. The molecule has 2 N–H and O–H groups in total. The number of carbonyl (C=O) groups excluding carboxylic acids is 4. The van der Waals surface area contributed by atoms with Crippen LogP contribution in [0.1, 0.15) is 27.0 Å². The van der Waals surface area contributed by atoms with E-state index in [-0.39, 0.29) is 17.2 Å². The number of carbonyl (C=O) groups is 4. The average molecular weight is 529 g/mol. The Bertz CT molecular complexity index is 1320. The molecule has 13 heteroatoms. The fraction of sp³-hybridized carbons (Fsp3) is 0.261. The molecule has 1 aromatic carbocycles. The van der Waals surface area contributed by atoms with Crippen LogP contribution in [0.3, 0.4) is 0 Å². The highest BCUT2D eigenvalue weighted by molar-refractivity contribution is 7.14. The average Bonchev–Trinajstić information content (AvgIpc) is 3.63. The predicted octanol–water partition coefficient (Wildman–Crippen LogP) is 2.61. The number of rotatable bonds is 7. The maximum absolute atomic E-state index is 13.5. The van der Waals surface area contributed by atoms with Crippen LogP contribution in [0, 0.1) is 0 Å². The molecule has 3 aromatic rings. The van der Waals surface area contributed by atoms with E-state index in [0.717, 1.165) is 21.1 Å². The van der Waals surface area contributed by atoms with E-state index in [1.807, 2.05) is 17.5 Å². The highest BCUT2D eigenvalue weighted by atomic mass is 32.1. The van der Waals surface area contributed by atoms with Crippen LogP contribution in [0.5, 0.6) is 11.5 Å². The van der Waals surface area contributed by atoms with Crippen molar-refractivity contribution in [1.82, 2.24) is 15.2 Å². The maximum atomic E-state index is 13.5. The van der Waals surface area contributed by atoms with Gasteiger partial charge in [-0.1, -0.05) is 12.1 Å². The molecule has 0 spiro atoms. The summed E-state index contributed by atoms with van der Waals surface area (Å²) in [5.41, 5.74) is 0.555. The smallest absolute Gasteiger partial charge is 0.357 e. The van der Waals surface area contributed by atoms with Crippen LogP contribution in [0.2, 0.25) is 0 Å². The monoisotopic (exact) mass is 528 g/mol. The molecule has 2 aromatic heterocycles. The third kappa shape index (κ3) is 4.62. The Kier molecular flexibility index (Phi) is 6.57. The Hall–Kier alpha value is -3.97. The standard InChI is InChI=1S/C23H20N4O7S2/c1-32-21(30)14-11-36-22(24-14)26-19(28)15(10-13-3-2-8-35-13)27-20(29)18(25-23(27)31)12-4-5-16-17(9-12)34-7-6-33-16/h2-5,8-9,11,15,18H,6-7,10H2,1H3,(H,25,31)(H,24,26,28)/t15-,18+/m0/s1. The van der Waals surface area contributed by atoms with Gasteiger partial charge in [-0.15, -0.1) is 22.7 Å². The molecule has 2 aliphatic rings. The number of ether oxygens (including phenoxy) is 3. The number of aromatic nitrogens is 1. The van der Waals surface area contributed by atoms with Gasteiger partial charge in [0.05, 0.1) is 7.11 Å². The quantitative estimate of drug-likeness (QED) is 0.353. The molecule has 11 nitrogen and oxygen atoms in total. The van der Waals surface area contributed by atoms with Crippen molar-refractivity contribution in [3.63, 3.8) is 0 Å². The molecule has 0 unspecified atom stereocenters. The number of thiazole rings is 1. The minimum Gasteiger partial charge on any atom is -0.486 e. The number of hydrogen-bond acceptors (Lipinski definition) is 10. The lowest BCUT2D eigenvalue weighted by molar-refractivity contribution is -0.134. The van der Waals surface area contributed by atoms with Crippen LogP contribution in [0.15, 0.2) is 41.1 Å². The molecule has 0 bridgehead atoms. The summed E-state index contributed by atoms with van der Waals surface area (Å²) in [6, 6.07) is 5.83. The molecule has 1 fully saturated rings. The van der Waals surface area contributed by atoms with Gasteiger partial charge in [-0.2, -0.15) is 0 Å². The number of amides is 4. The zero-order valence-corrected chi connectivity index (χ0v) is 20.5. The van der Waals surface area contributed by atoms with Crippen molar-refractivity contribution in [2.75, 3.05) is 25.6 Å². The molecular formula is C23H20N4O7S2. The van der Waals surface area contributed by atoms with Crippen molar-refractivity contribution < 1.29 is 33.4 Å². The lowest BCUT2D eigenvalue weighted by atomic mass is 10.0. The van der Waals surface area contributed by atoms with Crippen molar-refractivity contribution in [2.24, 2.45) is 0 Å². The number of hydrogen-bond donors (Lipinski definition) is 2. The zero-order chi connectivity index (χ0) is 25.2. The van der Waals surface area contributed by atoms with Gasteiger partial charge in [0.25, 0.3) is 5.91 Å². The van der Waals surface area contributed by atoms with Gasteiger partial charge in [-0.05, 0) is 29.1 Å². The van der Waals surface area contributed by atoms with Crippen molar-refractivity contribution >= 4 is 51.6 Å². The fourth-order valence-electron chi connectivity index (χ4n) is 3.89. The second-order valence-corrected chi connectivity index (χ2v) is 9.70. The second-order valence-electron chi connectivity index (χ2n) is 7.81. The Labute approximate surface area is 213 Å². The van der Waals surface area contributed by atoms with Crippen LogP contribution >= 0.6 is 22.7 Å². The number of imide groups is 1.